The molecule has 1 atom stereocenters. The SMILES string of the molecule is COCC(CNc1ccc(C(N)=O)c(Nc2cc(C)ns2)c1)NC(=O)OC(C)(C)C. The Morgan fingerprint density at radius 2 is 2.00 bits per heavy atom. The first-order valence-electron chi connectivity index (χ1n) is 9.44. The number of hydrogen-bond donors (Lipinski definition) is 4. The van der Waals surface area contributed by atoms with Crippen LogP contribution in [0.5, 0.6) is 0 Å². The molecule has 1 aromatic heterocycles. The van der Waals surface area contributed by atoms with Crippen LogP contribution in [0, 0.1) is 6.92 Å². The maximum absolute atomic E-state index is 12.1. The molecule has 0 aliphatic rings. The van der Waals surface area contributed by atoms with E-state index in [4.69, 9.17) is 15.2 Å². The molecule has 2 aromatic rings. The molecule has 0 fully saturated rings. The number of hydrogen-bond acceptors (Lipinski definition) is 8. The monoisotopic (exact) mass is 435 g/mol. The summed E-state index contributed by atoms with van der Waals surface area (Å²) in [5.74, 6) is -0.533. The predicted molar refractivity (Wildman–Crippen MR) is 119 cm³/mol. The highest BCUT2D eigenvalue weighted by molar-refractivity contribution is 7.10. The predicted octanol–water partition coefficient (Wildman–Crippen LogP) is 3.25. The van der Waals surface area contributed by atoms with Gasteiger partial charge in [-0.05, 0) is 63.5 Å². The number of aromatic nitrogens is 1. The van der Waals surface area contributed by atoms with Gasteiger partial charge in [0.1, 0.15) is 10.6 Å². The molecule has 0 radical (unpaired) electrons. The third-order valence-electron chi connectivity index (χ3n) is 3.81. The number of benzene rings is 1. The van der Waals surface area contributed by atoms with Crippen LogP contribution in [0.1, 0.15) is 36.8 Å². The summed E-state index contributed by atoms with van der Waals surface area (Å²) in [5, 5.41) is 10.0. The van der Waals surface area contributed by atoms with Gasteiger partial charge < -0.3 is 31.2 Å². The number of anilines is 3. The molecule has 10 heteroatoms. The zero-order valence-corrected chi connectivity index (χ0v) is 18.7. The number of methoxy groups -OCH3 is 1. The molecule has 0 spiro atoms. The topological polar surface area (TPSA) is 128 Å². The van der Waals surface area contributed by atoms with Gasteiger partial charge in [-0.1, -0.05) is 0 Å². The van der Waals surface area contributed by atoms with Crippen LogP contribution in [-0.4, -0.2) is 48.3 Å². The summed E-state index contributed by atoms with van der Waals surface area (Å²) >= 11 is 1.30. The van der Waals surface area contributed by atoms with Crippen molar-refractivity contribution in [3.63, 3.8) is 0 Å². The lowest BCUT2D eigenvalue weighted by Crippen LogP contribution is -2.45. The van der Waals surface area contributed by atoms with E-state index in [1.54, 1.807) is 46.1 Å². The number of nitrogens with zero attached hydrogens (tertiary/aromatic N) is 1. The Morgan fingerprint density at radius 3 is 2.57 bits per heavy atom. The van der Waals surface area contributed by atoms with E-state index in [0.29, 0.717) is 24.4 Å². The number of carbonyl (C=O) groups excluding carboxylic acids is 2. The van der Waals surface area contributed by atoms with Crippen LogP contribution in [0.3, 0.4) is 0 Å². The van der Waals surface area contributed by atoms with Gasteiger partial charge in [0.2, 0.25) is 0 Å². The maximum atomic E-state index is 12.1. The minimum absolute atomic E-state index is 0.302. The van der Waals surface area contributed by atoms with E-state index in [1.165, 1.54) is 11.5 Å². The summed E-state index contributed by atoms with van der Waals surface area (Å²) in [6.45, 7) is 7.99. The highest BCUT2D eigenvalue weighted by Gasteiger charge is 2.20. The second-order valence-corrected chi connectivity index (χ2v) is 8.57. The first-order valence-corrected chi connectivity index (χ1v) is 10.2. The van der Waals surface area contributed by atoms with Gasteiger partial charge in [-0.25, -0.2) is 4.79 Å². The van der Waals surface area contributed by atoms with Gasteiger partial charge in [-0.3, -0.25) is 4.79 Å². The molecular weight excluding hydrogens is 406 g/mol. The minimum Gasteiger partial charge on any atom is -0.444 e. The highest BCUT2D eigenvalue weighted by atomic mass is 32.1. The van der Waals surface area contributed by atoms with Crippen molar-refractivity contribution in [2.24, 2.45) is 5.73 Å². The largest absolute Gasteiger partial charge is 0.444 e. The third-order valence-corrected chi connectivity index (χ3v) is 4.61. The normalized spacial score (nSPS) is 12.2. The fraction of sp³-hybridized carbons (Fsp3) is 0.450. The maximum Gasteiger partial charge on any atom is 0.408 e. The average Bonchev–Trinajstić information content (AvgIpc) is 3.03. The first kappa shape index (κ1) is 23.4. The van der Waals surface area contributed by atoms with Gasteiger partial charge in [-0.2, -0.15) is 4.37 Å². The van der Waals surface area contributed by atoms with E-state index in [1.807, 2.05) is 13.0 Å². The van der Waals surface area contributed by atoms with Crippen LogP contribution in [0.25, 0.3) is 0 Å². The fourth-order valence-corrected chi connectivity index (χ4v) is 3.27. The number of nitrogens with one attached hydrogen (secondary N) is 3. The Labute approximate surface area is 180 Å². The summed E-state index contributed by atoms with van der Waals surface area (Å²) < 4.78 is 14.7. The molecule has 9 nitrogen and oxygen atoms in total. The molecule has 1 aromatic carbocycles. The van der Waals surface area contributed by atoms with Crippen LogP contribution in [0.15, 0.2) is 24.3 Å². The van der Waals surface area contributed by atoms with Gasteiger partial charge in [-0.15, -0.1) is 0 Å². The van der Waals surface area contributed by atoms with E-state index in [9.17, 15) is 9.59 Å². The lowest BCUT2D eigenvalue weighted by atomic mass is 10.1. The standard InChI is InChI=1S/C20H29N5O4S/c1-12-8-17(30-25-12)24-16-9-13(6-7-15(16)18(21)26)22-10-14(11-28-5)23-19(27)29-20(2,3)4/h6-9,14,22,24H,10-11H2,1-5H3,(H2,21,26)(H,23,27). The van der Waals surface area contributed by atoms with Crippen molar-refractivity contribution in [2.75, 3.05) is 30.9 Å². The van der Waals surface area contributed by atoms with Crippen molar-refractivity contribution in [2.45, 2.75) is 39.3 Å². The Hall–Kier alpha value is -2.85. The molecule has 1 unspecified atom stereocenters. The lowest BCUT2D eigenvalue weighted by molar-refractivity contribution is 0.0474. The second kappa shape index (κ2) is 10.3. The van der Waals surface area contributed by atoms with Crippen LogP contribution in [0.2, 0.25) is 0 Å². The summed E-state index contributed by atoms with van der Waals surface area (Å²) in [6.07, 6.45) is -0.515. The molecular formula is C20H29N5O4S. The number of alkyl carbamates (subject to hydrolysis) is 1. The number of primary amides is 1. The third kappa shape index (κ3) is 7.53. The van der Waals surface area contributed by atoms with Crippen molar-refractivity contribution < 1.29 is 19.1 Å². The smallest absolute Gasteiger partial charge is 0.408 e. The zero-order chi connectivity index (χ0) is 22.3. The van der Waals surface area contributed by atoms with Crippen LogP contribution in [-0.2, 0) is 9.47 Å². The molecule has 30 heavy (non-hydrogen) atoms. The molecule has 2 rings (SSSR count). The summed E-state index contributed by atoms with van der Waals surface area (Å²) in [5.41, 5.74) is 7.48. The number of ether oxygens (including phenoxy) is 2. The number of rotatable bonds is 9. The molecule has 0 aliphatic heterocycles. The average molecular weight is 436 g/mol. The Morgan fingerprint density at radius 1 is 1.27 bits per heavy atom. The van der Waals surface area contributed by atoms with Crippen molar-refractivity contribution in [1.29, 1.82) is 0 Å². The molecule has 2 amide bonds. The Kier molecular flexibility index (Phi) is 8.01. The zero-order valence-electron chi connectivity index (χ0n) is 17.9. The lowest BCUT2D eigenvalue weighted by Gasteiger charge is -2.24. The number of aryl methyl sites for hydroxylation is 1. The van der Waals surface area contributed by atoms with E-state index < -0.39 is 17.6 Å². The quantitative estimate of drug-likeness (QED) is 0.476. The van der Waals surface area contributed by atoms with Gasteiger partial charge >= 0.3 is 6.09 Å². The molecule has 0 aliphatic carbocycles. The van der Waals surface area contributed by atoms with Crippen molar-refractivity contribution in [3.05, 3.63) is 35.5 Å². The number of carbonyl (C=O) groups is 2. The first-order chi connectivity index (χ1) is 14.1. The molecule has 0 saturated heterocycles. The minimum atomic E-state index is -0.588. The van der Waals surface area contributed by atoms with Gasteiger partial charge in [0.15, 0.2) is 0 Å². The summed E-state index contributed by atoms with van der Waals surface area (Å²) in [4.78, 5) is 23.8. The summed E-state index contributed by atoms with van der Waals surface area (Å²) in [7, 11) is 1.56. The molecule has 5 N–H and O–H groups in total. The van der Waals surface area contributed by atoms with Gasteiger partial charge in [0.25, 0.3) is 5.91 Å². The van der Waals surface area contributed by atoms with Gasteiger partial charge in [0.05, 0.1) is 29.6 Å². The van der Waals surface area contributed by atoms with E-state index in [0.717, 1.165) is 16.4 Å². The molecule has 1 heterocycles. The Balaban J connectivity index is 2.09. The number of nitrogens with two attached hydrogens (primary N) is 1. The van der Waals surface area contributed by atoms with Crippen LogP contribution in [0.4, 0.5) is 21.2 Å². The second-order valence-electron chi connectivity index (χ2n) is 7.76. The van der Waals surface area contributed by atoms with E-state index in [-0.39, 0.29) is 6.04 Å². The Bertz CT molecular complexity index is 878. The highest BCUT2D eigenvalue weighted by Crippen LogP contribution is 2.27. The van der Waals surface area contributed by atoms with Crippen LogP contribution >= 0.6 is 11.5 Å². The van der Waals surface area contributed by atoms with Crippen molar-refractivity contribution in [1.82, 2.24) is 9.69 Å². The van der Waals surface area contributed by atoms with Crippen molar-refractivity contribution >= 4 is 39.9 Å². The van der Waals surface area contributed by atoms with Crippen molar-refractivity contribution in [3.8, 4) is 0 Å². The van der Waals surface area contributed by atoms with E-state index in [2.05, 4.69) is 20.3 Å². The van der Waals surface area contributed by atoms with E-state index >= 15 is 0 Å². The molecule has 0 bridgehead atoms. The molecule has 164 valence electrons. The summed E-state index contributed by atoms with van der Waals surface area (Å²) in [6, 6.07) is 6.75. The number of amides is 2. The molecule has 0 saturated carbocycles. The van der Waals surface area contributed by atoms with Gasteiger partial charge in [0, 0.05) is 19.3 Å². The fourth-order valence-electron chi connectivity index (χ4n) is 2.60. The van der Waals surface area contributed by atoms with Crippen LogP contribution < -0.4 is 21.7 Å².